The van der Waals surface area contributed by atoms with Gasteiger partial charge in [0.15, 0.2) is 0 Å². The molecule has 1 heterocycles. The van der Waals surface area contributed by atoms with Crippen LogP contribution in [-0.4, -0.2) is 23.0 Å². The van der Waals surface area contributed by atoms with E-state index in [0.717, 1.165) is 0 Å². The monoisotopic (exact) mass is 294 g/mol. The topological polar surface area (TPSA) is 120 Å². The first kappa shape index (κ1) is 13.7. The van der Waals surface area contributed by atoms with Crippen LogP contribution in [0.25, 0.3) is 0 Å². The molecule has 0 bridgehead atoms. The third kappa shape index (κ3) is 2.38. The molecule has 1 aromatic rings. The molecule has 1 aliphatic rings. The molecular formula is C11H10N4O4S. The molecule has 0 amide bonds. The average molecular weight is 294 g/mol. The van der Waals surface area contributed by atoms with Crippen molar-refractivity contribution >= 4 is 40.2 Å². The molecule has 0 fully saturated rings. The quantitative estimate of drug-likeness (QED) is 0.321. The predicted molar refractivity (Wildman–Crippen MR) is 76.2 cm³/mol. The number of fused-ring (bicyclic) bond motifs is 1. The van der Waals surface area contributed by atoms with E-state index in [0.29, 0.717) is 11.4 Å². The summed E-state index contributed by atoms with van der Waals surface area (Å²) in [5.74, 6) is -0.684. The molecule has 0 aliphatic carbocycles. The van der Waals surface area contributed by atoms with E-state index in [4.69, 9.17) is 18.0 Å². The van der Waals surface area contributed by atoms with E-state index < -0.39 is 10.9 Å². The molecule has 8 nitrogen and oxygen atoms in total. The van der Waals surface area contributed by atoms with Crippen LogP contribution in [0.4, 0.5) is 17.1 Å². The maximum atomic E-state index is 11.6. The molecule has 0 spiro atoms. The lowest BCUT2D eigenvalue weighted by Crippen LogP contribution is -2.24. The van der Waals surface area contributed by atoms with Crippen LogP contribution >= 0.6 is 12.2 Å². The Kier molecular flexibility index (Phi) is 3.53. The molecule has 0 atom stereocenters. The molecule has 0 aromatic heterocycles. The number of nitrogens with two attached hydrogens (primary N) is 1. The number of methoxy groups -OCH3 is 1. The van der Waals surface area contributed by atoms with E-state index >= 15 is 0 Å². The minimum atomic E-state index is -0.699. The lowest BCUT2D eigenvalue weighted by molar-refractivity contribution is -0.384. The number of anilines is 2. The smallest absolute Gasteiger partial charge is 0.344 e. The summed E-state index contributed by atoms with van der Waals surface area (Å²) in [5, 5.41) is 16.3. The molecule has 0 saturated heterocycles. The number of nitro benzene ring substituents is 1. The summed E-state index contributed by atoms with van der Waals surface area (Å²) in [7, 11) is 1.20. The summed E-state index contributed by atoms with van der Waals surface area (Å²) in [5.41, 5.74) is 6.45. The standard InChI is InChI=1S/C11H10N4O4S/c1-19-11(16)8-9(12)13-6-3-2-5(15(17)18)4-7(6)14-10(8)20/h2-4,13H,12H2,1H3,(H,14,20). The van der Waals surface area contributed by atoms with Crippen molar-refractivity contribution in [2.24, 2.45) is 5.73 Å². The summed E-state index contributed by atoms with van der Waals surface area (Å²) in [4.78, 5) is 21.9. The number of carbonyl (C=O) groups is 1. The zero-order valence-electron chi connectivity index (χ0n) is 10.3. The van der Waals surface area contributed by atoms with Crippen LogP contribution in [0.3, 0.4) is 0 Å². The van der Waals surface area contributed by atoms with Gasteiger partial charge >= 0.3 is 5.97 Å². The number of nitro groups is 1. The summed E-state index contributed by atoms with van der Waals surface area (Å²) in [6.45, 7) is 0. The lowest BCUT2D eigenvalue weighted by atomic mass is 10.2. The van der Waals surface area contributed by atoms with Crippen molar-refractivity contribution in [1.29, 1.82) is 0 Å². The number of nitrogens with one attached hydrogen (secondary N) is 2. The first-order chi connectivity index (χ1) is 9.43. The number of thiocarbonyl (C=S) groups is 1. The maximum Gasteiger partial charge on any atom is 0.344 e. The Bertz CT molecular complexity index is 656. The Morgan fingerprint density at radius 2 is 2.10 bits per heavy atom. The highest BCUT2D eigenvalue weighted by atomic mass is 32.1. The number of non-ortho nitro benzene ring substituents is 1. The van der Waals surface area contributed by atoms with Crippen LogP contribution < -0.4 is 16.4 Å². The van der Waals surface area contributed by atoms with E-state index in [9.17, 15) is 14.9 Å². The molecule has 104 valence electrons. The molecule has 0 unspecified atom stereocenters. The Hall–Kier alpha value is -2.68. The molecule has 9 heteroatoms. The summed E-state index contributed by atoms with van der Waals surface area (Å²) in [6, 6.07) is 4.07. The second-order valence-corrected chi connectivity index (χ2v) is 4.25. The highest BCUT2D eigenvalue weighted by Gasteiger charge is 2.25. The number of rotatable bonds is 2. The number of carbonyl (C=O) groups excluding carboxylic acids is 1. The Labute approximate surface area is 118 Å². The number of esters is 1. The fourth-order valence-corrected chi connectivity index (χ4v) is 1.98. The fraction of sp³-hybridized carbons (Fsp3) is 0.0909. The zero-order chi connectivity index (χ0) is 14.9. The van der Waals surface area contributed by atoms with Crippen molar-refractivity contribution in [2.75, 3.05) is 17.7 Å². The van der Waals surface area contributed by atoms with Crippen molar-refractivity contribution < 1.29 is 14.5 Å². The largest absolute Gasteiger partial charge is 0.465 e. The van der Waals surface area contributed by atoms with Crippen molar-refractivity contribution in [3.05, 3.63) is 39.7 Å². The first-order valence-corrected chi connectivity index (χ1v) is 5.79. The Balaban J connectivity index is 2.47. The number of benzene rings is 1. The number of nitrogens with zero attached hydrogens (tertiary/aromatic N) is 1. The van der Waals surface area contributed by atoms with Gasteiger partial charge in [-0.25, -0.2) is 4.79 Å². The van der Waals surface area contributed by atoms with Crippen LogP contribution in [0.2, 0.25) is 0 Å². The minimum absolute atomic E-state index is 0.0157. The SMILES string of the molecule is COC(=O)C1=C(N)Nc2ccc([N+](=O)[O-])cc2NC1=S. The lowest BCUT2D eigenvalue weighted by Gasteiger charge is -2.08. The van der Waals surface area contributed by atoms with Crippen molar-refractivity contribution in [3.63, 3.8) is 0 Å². The van der Waals surface area contributed by atoms with Crippen LogP contribution in [-0.2, 0) is 9.53 Å². The zero-order valence-corrected chi connectivity index (χ0v) is 11.1. The molecule has 1 aliphatic heterocycles. The van der Waals surface area contributed by atoms with Gasteiger partial charge in [-0.2, -0.15) is 0 Å². The van der Waals surface area contributed by atoms with Gasteiger partial charge in [0.25, 0.3) is 5.69 Å². The van der Waals surface area contributed by atoms with Gasteiger partial charge in [-0.05, 0) is 6.07 Å². The second-order valence-electron chi connectivity index (χ2n) is 3.85. The third-order valence-corrected chi connectivity index (χ3v) is 2.92. The summed E-state index contributed by atoms with van der Waals surface area (Å²) < 4.78 is 4.59. The van der Waals surface area contributed by atoms with E-state index in [-0.39, 0.29) is 22.1 Å². The van der Waals surface area contributed by atoms with Crippen molar-refractivity contribution in [1.82, 2.24) is 0 Å². The van der Waals surface area contributed by atoms with Gasteiger partial charge in [0, 0.05) is 12.1 Å². The molecule has 0 radical (unpaired) electrons. The number of ether oxygens (including phenoxy) is 1. The molecule has 0 saturated carbocycles. The van der Waals surface area contributed by atoms with Gasteiger partial charge in [-0.15, -0.1) is 0 Å². The van der Waals surface area contributed by atoms with Gasteiger partial charge in [0.2, 0.25) is 0 Å². The van der Waals surface area contributed by atoms with Crippen LogP contribution in [0, 0.1) is 10.1 Å². The minimum Gasteiger partial charge on any atom is -0.465 e. The second kappa shape index (κ2) is 5.13. The van der Waals surface area contributed by atoms with Gasteiger partial charge in [0.05, 0.1) is 23.4 Å². The Morgan fingerprint density at radius 1 is 1.40 bits per heavy atom. The Morgan fingerprint density at radius 3 is 2.70 bits per heavy atom. The number of hydrogen-bond acceptors (Lipinski definition) is 7. The first-order valence-electron chi connectivity index (χ1n) is 5.39. The van der Waals surface area contributed by atoms with E-state index in [1.807, 2.05) is 0 Å². The van der Waals surface area contributed by atoms with Crippen LogP contribution in [0.1, 0.15) is 0 Å². The predicted octanol–water partition coefficient (Wildman–Crippen LogP) is 1.10. The highest BCUT2D eigenvalue weighted by molar-refractivity contribution is 7.81. The van der Waals surface area contributed by atoms with Crippen molar-refractivity contribution in [2.45, 2.75) is 0 Å². The van der Waals surface area contributed by atoms with Gasteiger partial charge in [-0.3, -0.25) is 10.1 Å². The molecule has 1 aromatic carbocycles. The fourth-order valence-electron chi connectivity index (χ4n) is 1.68. The number of hydrogen-bond donors (Lipinski definition) is 3. The summed E-state index contributed by atoms with van der Waals surface area (Å²) in [6.07, 6.45) is 0. The summed E-state index contributed by atoms with van der Waals surface area (Å²) >= 11 is 5.06. The van der Waals surface area contributed by atoms with Gasteiger partial charge in [0.1, 0.15) is 16.4 Å². The van der Waals surface area contributed by atoms with Crippen LogP contribution in [0.15, 0.2) is 29.6 Å². The van der Waals surface area contributed by atoms with Gasteiger partial charge < -0.3 is 21.1 Å². The maximum absolute atomic E-state index is 11.6. The molecule has 20 heavy (non-hydrogen) atoms. The van der Waals surface area contributed by atoms with Crippen molar-refractivity contribution in [3.8, 4) is 0 Å². The van der Waals surface area contributed by atoms with Crippen LogP contribution in [0.5, 0.6) is 0 Å². The molecule has 2 rings (SSSR count). The average Bonchev–Trinajstić information content (AvgIpc) is 2.51. The van der Waals surface area contributed by atoms with E-state index in [1.165, 1.54) is 25.3 Å². The molecule has 4 N–H and O–H groups in total. The van der Waals surface area contributed by atoms with E-state index in [1.54, 1.807) is 0 Å². The third-order valence-electron chi connectivity index (χ3n) is 2.62. The van der Waals surface area contributed by atoms with E-state index in [2.05, 4.69) is 15.4 Å². The van der Waals surface area contributed by atoms with Gasteiger partial charge in [-0.1, -0.05) is 12.2 Å². The molecular weight excluding hydrogens is 284 g/mol. The highest BCUT2D eigenvalue weighted by Crippen LogP contribution is 2.30. The normalized spacial score (nSPS) is 13.8.